The molecule has 3 aliphatic rings. The standard InChI is InChI=1S/C19H35N3O/c1-15(2)22-9-8-17(14-22)19(23)21-12-10-20(11-13-21)18-6-4-16(3)5-7-18/h15-18H,4-14H2,1-3H3. The number of nitrogens with zero attached hydrogens (tertiary/aromatic N) is 3. The monoisotopic (exact) mass is 321 g/mol. The quantitative estimate of drug-likeness (QED) is 0.799. The van der Waals surface area contributed by atoms with Gasteiger partial charge in [-0.1, -0.05) is 6.92 Å². The van der Waals surface area contributed by atoms with Gasteiger partial charge in [0.2, 0.25) is 5.91 Å². The first kappa shape index (κ1) is 17.2. The zero-order chi connectivity index (χ0) is 16.4. The molecular formula is C19H35N3O. The van der Waals surface area contributed by atoms with E-state index in [1.54, 1.807) is 0 Å². The van der Waals surface area contributed by atoms with Crippen LogP contribution >= 0.6 is 0 Å². The van der Waals surface area contributed by atoms with Crippen LogP contribution in [0, 0.1) is 11.8 Å². The fraction of sp³-hybridized carbons (Fsp3) is 0.947. The van der Waals surface area contributed by atoms with Gasteiger partial charge in [0.25, 0.3) is 0 Å². The maximum atomic E-state index is 12.8. The van der Waals surface area contributed by atoms with E-state index in [4.69, 9.17) is 0 Å². The smallest absolute Gasteiger partial charge is 0.227 e. The summed E-state index contributed by atoms with van der Waals surface area (Å²) in [4.78, 5) is 20.0. The van der Waals surface area contributed by atoms with Crippen molar-refractivity contribution in [2.24, 2.45) is 11.8 Å². The molecule has 23 heavy (non-hydrogen) atoms. The molecule has 4 heteroatoms. The van der Waals surface area contributed by atoms with Gasteiger partial charge in [0.1, 0.15) is 0 Å². The highest BCUT2D eigenvalue weighted by Crippen LogP contribution is 2.28. The van der Waals surface area contributed by atoms with E-state index in [9.17, 15) is 4.79 Å². The number of carbonyl (C=O) groups is 1. The van der Waals surface area contributed by atoms with Gasteiger partial charge in [0.15, 0.2) is 0 Å². The van der Waals surface area contributed by atoms with Crippen LogP contribution in [0.1, 0.15) is 52.9 Å². The molecule has 0 aromatic heterocycles. The van der Waals surface area contributed by atoms with E-state index in [1.807, 2.05) is 0 Å². The second-order valence-electron chi connectivity index (χ2n) is 8.35. The molecule has 2 aliphatic heterocycles. The van der Waals surface area contributed by atoms with Crippen LogP contribution < -0.4 is 0 Å². The minimum absolute atomic E-state index is 0.250. The molecule has 1 aliphatic carbocycles. The third kappa shape index (κ3) is 4.08. The Morgan fingerprint density at radius 2 is 1.57 bits per heavy atom. The Morgan fingerprint density at radius 3 is 2.13 bits per heavy atom. The maximum Gasteiger partial charge on any atom is 0.227 e. The first-order valence-electron chi connectivity index (χ1n) is 9.81. The van der Waals surface area contributed by atoms with Gasteiger partial charge in [-0.25, -0.2) is 0 Å². The Balaban J connectivity index is 1.44. The summed E-state index contributed by atoms with van der Waals surface area (Å²) < 4.78 is 0. The summed E-state index contributed by atoms with van der Waals surface area (Å²) in [7, 11) is 0. The predicted molar refractivity (Wildman–Crippen MR) is 94.4 cm³/mol. The van der Waals surface area contributed by atoms with Gasteiger partial charge in [-0.15, -0.1) is 0 Å². The van der Waals surface area contributed by atoms with E-state index in [2.05, 4.69) is 35.5 Å². The van der Waals surface area contributed by atoms with Crippen LogP contribution in [0.15, 0.2) is 0 Å². The largest absolute Gasteiger partial charge is 0.340 e. The van der Waals surface area contributed by atoms with Gasteiger partial charge in [0, 0.05) is 44.8 Å². The summed E-state index contributed by atoms with van der Waals surface area (Å²) in [5, 5.41) is 0. The van der Waals surface area contributed by atoms with E-state index in [-0.39, 0.29) is 5.92 Å². The third-order valence-electron chi connectivity index (χ3n) is 6.43. The van der Waals surface area contributed by atoms with Crippen LogP contribution in [0.3, 0.4) is 0 Å². The highest BCUT2D eigenvalue weighted by atomic mass is 16.2. The number of piperazine rings is 1. The van der Waals surface area contributed by atoms with Crippen molar-refractivity contribution in [3.63, 3.8) is 0 Å². The molecule has 0 spiro atoms. The lowest BCUT2D eigenvalue weighted by Gasteiger charge is -2.42. The van der Waals surface area contributed by atoms with Gasteiger partial charge in [-0.05, 0) is 58.4 Å². The zero-order valence-electron chi connectivity index (χ0n) is 15.3. The van der Waals surface area contributed by atoms with Crippen molar-refractivity contribution in [2.75, 3.05) is 39.3 Å². The number of hydrogen-bond donors (Lipinski definition) is 0. The van der Waals surface area contributed by atoms with Gasteiger partial charge in [0.05, 0.1) is 5.92 Å². The summed E-state index contributed by atoms with van der Waals surface area (Å²) in [5.41, 5.74) is 0. The molecule has 4 nitrogen and oxygen atoms in total. The number of likely N-dealkylation sites (tertiary alicyclic amines) is 1. The first-order chi connectivity index (χ1) is 11.0. The number of carbonyl (C=O) groups excluding carboxylic acids is 1. The third-order valence-corrected chi connectivity index (χ3v) is 6.43. The fourth-order valence-electron chi connectivity index (χ4n) is 4.63. The van der Waals surface area contributed by atoms with Crippen LogP contribution in [-0.2, 0) is 4.79 Å². The molecule has 0 aromatic carbocycles. The maximum absolute atomic E-state index is 12.8. The van der Waals surface area contributed by atoms with Crippen molar-refractivity contribution < 1.29 is 4.79 Å². The predicted octanol–water partition coefficient (Wildman–Crippen LogP) is 2.44. The first-order valence-corrected chi connectivity index (χ1v) is 9.81. The summed E-state index contributed by atoms with van der Waals surface area (Å²) >= 11 is 0. The number of amides is 1. The summed E-state index contributed by atoms with van der Waals surface area (Å²) in [5.74, 6) is 1.59. The van der Waals surface area contributed by atoms with Crippen LogP contribution in [0.25, 0.3) is 0 Å². The summed E-state index contributed by atoms with van der Waals surface area (Å²) in [6.45, 7) is 13.0. The molecule has 1 atom stereocenters. The van der Waals surface area contributed by atoms with Crippen molar-refractivity contribution in [2.45, 2.75) is 65.0 Å². The SMILES string of the molecule is CC1CCC(N2CCN(C(=O)C3CCN(C(C)C)C3)CC2)CC1. The Bertz CT molecular complexity index is 395. The van der Waals surface area contributed by atoms with Crippen LogP contribution in [0.5, 0.6) is 0 Å². The molecule has 0 radical (unpaired) electrons. The van der Waals surface area contributed by atoms with E-state index < -0.39 is 0 Å². The molecule has 0 aromatic rings. The molecular weight excluding hydrogens is 286 g/mol. The number of rotatable bonds is 3. The highest BCUT2D eigenvalue weighted by Gasteiger charge is 2.34. The fourth-order valence-corrected chi connectivity index (χ4v) is 4.63. The van der Waals surface area contributed by atoms with Crippen LogP contribution in [0.2, 0.25) is 0 Å². The van der Waals surface area contributed by atoms with Crippen molar-refractivity contribution in [3.8, 4) is 0 Å². The average molecular weight is 322 g/mol. The summed E-state index contributed by atoms with van der Waals surface area (Å²) in [6, 6.07) is 1.35. The van der Waals surface area contributed by atoms with Crippen molar-refractivity contribution in [1.82, 2.24) is 14.7 Å². The molecule has 1 unspecified atom stereocenters. The second kappa shape index (κ2) is 7.52. The van der Waals surface area contributed by atoms with Crippen molar-refractivity contribution in [3.05, 3.63) is 0 Å². The summed E-state index contributed by atoms with van der Waals surface area (Å²) in [6.07, 6.45) is 6.55. The van der Waals surface area contributed by atoms with Gasteiger partial charge < -0.3 is 9.80 Å². The van der Waals surface area contributed by atoms with Crippen molar-refractivity contribution in [1.29, 1.82) is 0 Å². The average Bonchev–Trinajstić information content (AvgIpc) is 3.05. The van der Waals surface area contributed by atoms with Crippen LogP contribution in [0.4, 0.5) is 0 Å². The second-order valence-corrected chi connectivity index (χ2v) is 8.35. The van der Waals surface area contributed by atoms with E-state index >= 15 is 0 Å². The molecule has 132 valence electrons. The highest BCUT2D eigenvalue weighted by molar-refractivity contribution is 5.79. The minimum atomic E-state index is 0.250. The lowest BCUT2D eigenvalue weighted by Crippen LogP contribution is -2.53. The minimum Gasteiger partial charge on any atom is -0.340 e. The van der Waals surface area contributed by atoms with Crippen LogP contribution in [-0.4, -0.2) is 72.0 Å². The van der Waals surface area contributed by atoms with E-state index in [0.717, 1.165) is 57.6 Å². The molecule has 0 bridgehead atoms. The molecule has 2 heterocycles. The molecule has 3 rings (SSSR count). The number of hydrogen-bond acceptors (Lipinski definition) is 3. The van der Waals surface area contributed by atoms with Gasteiger partial charge >= 0.3 is 0 Å². The normalized spacial score (nSPS) is 34.3. The topological polar surface area (TPSA) is 26.8 Å². The van der Waals surface area contributed by atoms with E-state index in [0.29, 0.717) is 11.9 Å². The molecule has 1 saturated carbocycles. The van der Waals surface area contributed by atoms with Crippen molar-refractivity contribution >= 4 is 5.91 Å². The van der Waals surface area contributed by atoms with Gasteiger partial charge in [-0.2, -0.15) is 0 Å². The Labute approximate surface area is 142 Å². The Morgan fingerprint density at radius 1 is 0.913 bits per heavy atom. The lowest BCUT2D eigenvalue weighted by atomic mass is 9.86. The van der Waals surface area contributed by atoms with Gasteiger partial charge in [-0.3, -0.25) is 9.69 Å². The molecule has 3 fully saturated rings. The Hall–Kier alpha value is -0.610. The molecule has 0 N–H and O–H groups in total. The molecule has 1 amide bonds. The lowest BCUT2D eigenvalue weighted by molar-refractivity contribution is -0.137. The zero-order valence-corrected chi connectivity index (χ0v) is 15.3. The Kier molecular flexibility index (Phi) is 5.63. The molecule has 2 saturated heterocycles. The van der Waals surface area contributed by atoms with E-state index in [1.165, 1.54) is 25.7 Å².